The molecule has 584 valence electrons. The summed E-state index contributed by atoms with van der Waals surface area (Å²) in [5.41, 5.74) is 17.8. The highest BCUT2D eigenvalue weighted by Gasteiger charge is 2.38. The Hall–Kier alpha value is -11.3. The molecule has 4 aromatic rings. The molecular formula is C70H100N18O19. The number of aliphatic hydroxyl groups excluding tert-OH is 4. The molecule has 0 aliphatic carbocycles. The first-order valence-corrected chi connectivity index (χ1v) is 34.8. The van der Waals surface area contributed by atoms with Gasteiger partial charge in [-0.2, -0.15) is 0 Å². The molecule has 1 aliphatic rings. The number of carbonyl (C=O) groups excluding carboxylic acids is 13. The molecule has 1 aromatic heterocycles. The number of hydrogen-bond donors (Lipinski definition) is 23. The van der Waals surface area contributed by atoms with Crippen LogP contribution in [0.15, 0.2) is 96.3 Å². The van der Waals surface area contributed by atoms with Crippen molar-refractivity contribution in [2.45, 2.75) is 158 Å². The van der Waals surface area contributed by atoms with Crippen molar-refractivity contribution in [3.63, 3.8) is 0 Å². The number of nitrogens with two attached hydrogens (primary N) is 3. The van der Waals surface area contributed by atoms with Crippen molar-refractivity contribution in [3.8, 4) is 11.5 Å². The lowest BCUT2D eigenvalue weighted by Crippen LogP contribution is -2.61. The van der Waals surface area contributed by atoms with E-state index in [1.807, 2.05) is 0 Å². The van der Waals surface area contributed by atoms with Crippen LogP contribution in [0.3, 0.4) is 0 Å². The van der Waals surface area contributed by atoms with E-state index in [-0.39, 0.29) is 94.3 Å². The van der Waals surface area contributed by atoms with Gasteiger partial charge in [0.05, 0.1) is 38.7 Å². The number of hydrogen-bond acceptors (Lipinski definition) is 21. The van der Waals surface area contributed by atoms with E-state index in [2.05, 4.69) is 85.7 Å². The Morgan fingerprint density at radius 2 is 0.916 bits per heavy atom. The van der Waals surface area contributed by atoms with Gasteiger partial charge in [-0.3, -0.25) is 67.3 Å². The molecule has 2 heterocycles. The molecule has 37 heteroatoms. The second kappa shape index (κ2) is 43.2. The van der Waals surface area contributed by atoms with E-state index in [1.54, 1.807) is 58.2 Å². The average Bonchev–Trinajstić information content (AvgIpc) is 1.75. The quantitative estimate of drug-likeness (QED) is 0.0151. The largest absolute Gasteiger partial charge is 0.508 e. The number of nitrogens with one attached hydrogen (secondary N) is 14. The Balaban J connectivity index is 1.58. The molecule has 5 rings (SSSR count). The van der Waals surface area contributed by atoms with E-state index >= 15 is 0 Å². The number of benzene rings is 3. The third kappa shape index (κ3) is 27.6. The zero-order valence-corrected chi connectivity index (χ0v) is 59.9. The Kier molecular flexibility index (Phi) is 34.9. The van der Waals surface area contributed by atoms with Gasteiger partial charge in [-0.15, -0.1) is 0 Å². The summed E-state index contributed by atoms with van der Waals surface area (Å²) in [7, 11) is 0. The fourth-order valence-corrected chi connectivity index (χ4v) is 11.1. The number of aliphatic imine (C=N–C) groups is 1. The number of aromatic hydroxyl groups is 2. The monoisotopic (exact) mass is 1500 g/mol. The molecule has 107 heavy (non-hydrogen) atoms. The zero-order chi connectivity index (χ0) is 79.0. The molecule has 0 unspecified atom stereocenters. The Morgan fingerprint density at radius 1 is 0.495 bits per heavy atom. The fraction of sp³-hybridized carbons (Fsp3) is 0.486. The van der Waals surface area contributed by atoms with Gasteiger partial charge in [0.25, 0.3) is 5.91 Å². The molecule has 12 atom stereocenters. The number of rotatable bonds is 22. The van der Waals surface area contributed by atoms with Gasteiger partial charge < -0.3 is 122 Å². The Bertz CT molecular complexity index is 3780. The average molecular weight is 1500 g/mol. The van der Waals surface area contributed by atoms with E-state index in [4.69, 9.17) is 17.2 Å². The van der Waals surface area contributed by atoms with Gasteiger partial charge in [-0.1, -0.05) is 83.2 Å². The molecule has 0 bridgehead atoms. The van der Waals surface area contributed by atoms with E-state index in [9.17, 15) is 93.0 Å². The van der Waals surface area contributed by atoms with Gasteiger partial charge in [0.15, 0.2) is 5.96 Å². The van der Waals surface area contributed by atoms with Crippen molar-refractivity contribution in [1.82, 2.24) is 74.1 Å². The molecule has 1 fully saturated rings. The lowest BCUT2D eigenvalue weighted by molar-refractivity contribution is -0.136. The third-order valence-electron chi connectivity index (χ3n) is 17.3. The summed E-state index contributed by atoms with van der Waals surface area (Å²) in [6.07, 6.45) is 0.729. The summed E-state index contributed by atoms with van der Waals surface area (Å²) in [5.74, 6) is -16.0. The first-order valence-electron chi connectivity index (χ1n) is 34.8. The Labute approximate surface area is 616 Å². The lowest BCUT2D eigenvalue weighted by Gasteiger charge is -2.28. The van der Waals surface area contributed by atoms with Crippen molar-refractivity contribution >= 4 is 93.7 Å². The molecule has 0 saturated carbocycles. The van der Waals surface area contributed by atoms with E-state index in [0.717, 1.165) is 0 Å². The minimum absolute atomic E-state index is 0.00230. The lowest BCUT2D eigenvalue weighted by atomic mass is 9.97. The van der Waals surface area contributed by atoms with Crippen LogP contribution in [0.2, 0.25) is 0 Å². The number of fused-ring (bicyclic) bond motifs is 1. The fourth-order valence-electron chi connectivity index (χ4n) is 11.1. The summed E-state index contributed by atoms with van der Waals surface area (Å²) in [4.78, 5) is 192. The van der Waals surface area contributed by atoms with Crippen LogP contribution in [0.25, 0.3) is 10.9 Å². The number of aromatic nitrogens is 1. The van der Waals surface area contributed by atoms with Gasteiger partial charge in [-0.25, -0.2) is 0 Å². The second-order valence-electron chi connectivity index (χ2n) is 26.1. The predicted octanol–water partition coefficient (Wildman–Crippen LogP) is -6.06. The smallest absolute Gasteiger partial charge is 0.267 e. The normalized spacial score (nSPS) is 23.6. The Morgan fingerprint density at radius 3 is 1.38 bits per heavy atom. The molecule has 0 radical (unpaired) electrons. The standard InChI is InChI=1S/C70H100N18O19/c1-6-37(4)57-69(107)87-55(35-92)67(105)83-51(29-41-30-75-45-13-8-7-12-44(41)45)64(102)85-53(33-90)66(104)82-49(27-39-16-20-42(93)21-17-39)62(100)80-48(26-36(2)3)61(99)77-38(5)58(96)78-47(14-9-10-24-71)60(98)81-50(28-40-18-22-43(94)23-19-40)63(101)84-54(34-91)68(106)86-52(32-89)65(103)79-46(15-11-25-74-70(72)73)59(97)76-31-56(95)88-57/h7-8,12-13,16-23,30,36-37,46-55,57,75,89-94H,5-6,9-11,14-15,24-29,31-35,71H2,1-4H3,(H,76,97)(H,77,99)(H,78,96)(H,79,103)(H,80,100)(H,81,98)(H,82,104)(H,83,105)(H,84,101)(H,85,102)(H,86,106)(H,87,107)(H,88,95)(H4,72,73,74)/t37-,46-,47-,48-,49-,50-,51-,52-,53-,54-,55-,57-/m0/s1. The van der Waals surface area contributed by atoms with Gasteiger partial charge in [0, 0.05) is 42.9 Å². The van der Waals surface area contributed by atoms with Crippen LogP contribution in [0.5, 0.6) is 11.5 Å². The minimum atomic E-state index is -1.93. The van der Waals surface area contributed by atoms with Gasteiger partial charge in [-0.05, 0) is 104 Å². The van der Waals surface area contributed by atoms with Gasteiger partial charge >= 0.3 is 0 Å². The molecular weight excluding hydrogens is 1400 g/mol. The molecule has 26 N–H and O–H groups in total. The molecule has 1 aliphatic heterocycles. The number of amides is 13. The van der Waals surface area contributed by atoms with Crippen molar-refractivity contribution in [2.24, 2.45) is 34.0 Å². The SMILES string of the molecule is C=C1NC(=O)[C@H](CC(C)C)NC(=O)[C@H](Cc2ccc(O)cc2)NC(=O)[C@H](CO)NC(=O)[C@H](Cc2c[nH]c3ccccc23)NC(=O)[C@H](CO)NC(=O)[C@H]([C@@H](C)CC)NC(=O)CNC(=O)[C@H](CCCN=C(N)N)NC(=O)[C@H](CO)NC(=O)[C@H](CO)NC(=O)[C@H](Cc2ccc(O)cc2)NC(=O)[C@H](CCCCN)NC1=O. The number of aromatic amines is 1. The van der Waals surface area contributed by atoms with Gasteiger partial charge in [0.2, 0.25) is 70.9 Å². The number of aliphatic hydroxyl groups is 4. The number of nitrogens with zero attached hydrogens (tertiary/aromatic N) is 1. The van der Waals surface area contributed by atoms with Gasteiger partial charge in [0.1, 0.15) is 78.0 Å². The van der Waals surface area contributed by atoms with Crippen LogP contribution >= 0.6 is 0 Å². The minimum Gasteiger partial charge on any atom is -0.508 e. The zero-order valence-electron chi connectivity index (χ0n) is 59.9. The van der Waals surface area contributed by atoms with E-state index < -0.39 is 188 Å². The summed E-state index contributed by atoms with van der Waals surface area (Å²) in [5, 5.41) is 94.8. The molecule has 1 saturated heterocycles. The highest BCUT2D eigenvalue weighted by molar-refractivity contribution is 6.03. The maximum absolute atomic E-state index is 14.6. The van der Waals surface area contributed by atoms with Crippen LogP contribution in [0, 0.1) is 11.8 Å². The number of carbonyl (C=O) groups is 13. The molecule has 0 spiro atoms. The number of phenols is 2. The summed E-state index contributed by atoms with van der Waals surface area (Å²) in [6.45, 7) is 5.00. The summed E-state index contributed by atoms with van der Waals surface area (Å²) >= 11 is 0. The number of guanidine groups is 1. The third-order valence-corrected chi connectivity index (χ3v) is 17.3. The summed E-state index contributed by atoms with van der Waals surface area (Å²) < 4.78 is 0. The van der Waals surface area contributed by atoms with Crippen molar-refractivity contribution in [3.05, 3.63) is 108 Å². The molecule has 13 amide bonds. The number of para-hydroxylation sites is 1. The van der Waals surface area contributed by atoms with E-state index in [0.29, 0.717) is 34.0 Å². The second-order valence-corrected chi connectivity index (χ2v) is 26.1. The first-order chi connectivity index (χ1) is 50.9. The number of H-pyrrole nitrogens is 1. The summed E-state index contributed by atoms with van der Waals surface area (Å²) in [6, 6.07) is -0.987. The maximum Gasteiger partial charge on any atom is 0.267 e. The van der Waals surface area contributed by atoms with Crippen LogP contribution in [0.4, 0.5) is 0 Å². The van der Waals surface area contributed by atoms with Crippen LogP contribution < -0.4 is 86.3 Å². The first kappa shape index (κ1) is 86.4. The van der Waals surface area contributed by atoms with Crippen LogP contribution in [-0.4, -0.2) is 231 Å². The maximum atomic E-state index is 14.6. The van der Waals surface area contributed by atoms with Crippen LogP contribution in [-0.2, 0) is 81.6 Å². The molecule has 3 aromatic carbocycles. The topological polar surface area (TPSA) is 606 Å². The highest BCUT2D eigenvalue weighted by Crippen LogP contribution is 2.21. The van der Waals surface area contributed by atoms with E-state index in [1.165, 1.54) is 48.5 Å². The molecule has 37 nitrogen and oxygen atoms in total. The highest BCUT2D eigenvalue weighted by atomic mass is 16.3. The van der Waals surface area contributed by atoms with Crippen molar-refractivity contribution in [1.29, 1.82) is 0 Å². The predicted molar refractivity (Wildman–Crippen MR) is 387 cm³/mol. The van der Waals surface area contributed by atoms with Crippen molar-refractivity contribution in [2.75, 3.05) is 46.1 Å². The number of phenolic OH excluding ortho intramolecular Hbond substituents is 2. The van der Waals surface area contributed by atoms with Crippen molar-refractivity contribution < 1.29 is 93.0 Å². The van der Waals surface area contributed by atoms with Crippen LogP contribution in [0.1, 0.15) is 89.3 Å². The number of unbranched alkanes of at least 4 members (excludes halogenated alkanes) is 1.